The Morgan fingerprint density at radius 1 is 1.10 bits per heavy atom. The van der Waals surface area contributed by atoms with Crippen molar-refractivity contribution in [2.45, 2.75) is 19.9 Å². The molecule has 3 rings (SSSR count). The molecule has 0 saturated heterocycles. The van der Waals surface area contributed by atoms with Gasteiger partial charge in [-0.05, 0) is 36.8 Å². The van der Waals surface area contributed by atoms with Crippen molar-refractivity contribution >= 4 is 5.69 Å². The lowest BCUT2D eigenvalue weighted by atomic mass is 10.1. The maximum absolute atomic E-state index is 13.5. The number of fused-ring (bicyclic) bond motifs is 1. The van der Waals surface area contributed by atoms with Crippen LogP contribution in [0.25, 0.3) is 0 Å². The van der Waals surface area contributed by atoms with Gasteiger partial charge in [0, 0.05) is 24.2 Å². The maximum Gasteiger partial charge on any atom is 0.161 e. The molecular formula is C17H18FNO2. The third-order valence-corrected chi connectivity index (χ3v) is 3.56. The maximum atomic E-state index is 13.5. The van der Waals surface area contributed by atoms with Crippen LogP contribution in [-0.2, 0) is 6.54 Å². The van der Waals surface area contributed by atoms with Crippen LogP contribution in [0.4, 0.5) is 10.1 Å². The summed E-state index contributed by atoms with van der Waals surface area (Å²) in [4.78, 5) is 0. The molecule has 0 bridgehead atoms. The van der Waals surface area contributed by atoms with E-state index >= 15 is 0 Å². The Hall–Kier alpha value is -2.23. The number of anilines is 1. The molecule has 0 aromatic heterocycles. The summed E-state index contributed by atoms with van der Waals surface area (Å²) in [6, 6.07) is 10.9. The molecule has 2 aromatic rings. The first-order valence-electron chi connectivity index (χ1n) is 7.11. The van der Waals surface area contributed by atoms with E-state index in [1.54, 1.807) is 13.0 Å². The van der Waals surface area contributed by atoms with Gasteiger partial charge in [0.1, 0.15) is 5.82 Å². The minimum atomic E-state index is -0.196. The van der Waals surface area contributed by atoms with Crippen LogP contribution in [0.15, 0.2) is 36.4 Å². The molecular weight excluding hydrogens is 269 g/mol. The minimum absolute atomic E-state index is 0.196. The third kappa shape index (κ3) is 3.10. The quantitative estimate of drug-likeness (QED) is 0.928. The van der Waals surface area contributed by atoms with Crippen LogP contribution in [0.2, 0.25) is 0 Å². The minimum Gasteiger partial charge on any atom is -0.490 e. The standard InChI is InChI=1S/C17H18FNO2/c1-12-14(18)4-2-5-15(12)19-11-13-6-7-16-17(10-13)21-9-3-8-20-16/h2,4-7,10,19H,3,8-9,11H2,1H3. The van der Waals surface area contributed by atoms with Crippen LogP contribution >= 0.6 is 0 Å². The Kier molecular flexibility index (Phi) is 3.95. The number of hydrogen-bond acceptors (Lipinski definition) is 3. The van der Waals surface area contributed by atoms with E-state index in [1.807, 2.05) is 24.3 Å². The molecule has 4 heteroatoms. The molecule has 0 radical (unpaired) electrons. The van der Waals surface area contributed by atoms with Gasteiger partial charge in [-0.25, -0.2) is 4.39 Å². The van der Waals surface area contributed by atoms with E-state index in [-0.39, 0.29) is 5.82 Å². The summed E-state index contributed by atoms with van der Waals surface area (Å²) in [5.41, 5.74) is 2.51. The first-order chi connectivity index (χ1) is 10.2. The lowest BCUT2D eigenvalue weighted by Gasteiger charge is -2.12. The van der Waals surface area contributed by atoms with Crippen LogP contribution in [0.5, 0.6) is 11.5 Å². The normalized spacial score (nSPS) is 13.6. The smallest absolute Gasteiger partial charge is 0.161 e. The second kappa shape index (κ2) is 6.04. The Labute approximate surface area is 123 Å². The summed E-state index contributed by atoms with van der Waals surface area (Å²) in [7, 11) is 0. The largest absolute Gasteiger partial charge is 0.490 e. The molecule has 1 aliphatic heterocycles. The highest BCUT2D eigenvalue weighted by molar-refractivity contribution is 5.52. The predicted molar refractivity (Wildman–Crippen MR) is 80.5 cm³/mol. The topological polar surface area (TPSA) is 30.5 Å². The van der Waals surface area contributed by atoms with Crippen molar-refractivity contribution in [1.29, 1.82) is 0 Å². The van der Waals surface area contributed by atoms with Gasteiger partial charge in [0.15, 0.2) is 11.5 Å². The molecule has 1 N–H and O–H groups in total. The third-order valence-electron chi connectivity index (χ3n) is 3.56. The molecule has 0 saturated carbocycles. The van der Waals surface area contributed by atoms with E-state index < -0.39 is 0 Å². The SMILES string of the molecule is Cc1c(F)cccc1NCc1ccc2c(c1)OCCCO2. The van der Waals surface area contributed by atoms with E-state index in [0.29, 0.717) is 25.3 Å². The van der Waals surface area contributed by atoms with Crippen LogP contribution in [0, 0.1) is 12.7 Å². The van der Waals surface area contributed by atoms with Crippen molar-refractivity contribution in [1.82, 2.24) is 0 Å². The van der Waals surface area contributed by atoms with Gasteiger partial charge in [0.25, 0.3) is 0 Å². The molecule has 0 aliphatic carbocycles. The Bertz CT molecular complexity index is 643. The van der Waals surface area contributed by atoms with Crippen LogP contribution in [0.3, 0.4) is 0 Å². The summed E-state index contributed by atoms with van der Waals surface area (Å²) in [5.74, 6) is 1.37. The number of benzene rings is 2. The number of halogens is 1. The van der Waals surface area contributed by atoms with Crippen molar-refractivity contribution in [3.63, 3.8) is 0 Å². The highest BCUT2D eigenvalue weighted by Crippen LogP contribution is 2.30. The van der Waals surface area contributed by atoms with Gasteiger partial charge in [-0.15, -0.1) is 0 Å². The van der Waals surface area contributed by atoms with Gasteiger partial charge >= 0.3 is 0 Å². The molecule has 0 amide bonds. The monoisotopic (exact) mass is 287 g/mol. The zero-order valence-electron chi connectivity index (χ0n) is 12.0. The summed E-state index contributed by atoms with van der Waals surface area (Å²) < 4.78 is 24.8. The lowest BCUT2D eigenvalue weighted by Crippen LogP contribution is -2.02. The second-order valence-electron chi connectivity index (χ2n) is 5.10. The van der Waals surface area contributed by atoms with Crippen molar-refractivity contribution in [2.75, 3.05) is 18.5 Å². The van der Waals surface area contributed by atoms with Gasteiger partial charge in [-0.2, -0.15) is 0 Å². The van der Waals surface area contributed by atoms with Crippen molar-refractivity contribution < 1.29 is 13.9 Å². The van der Waals surface area contributed by atoms with Crippen molar-refractivity contribution in [3.8, 4) is 11.5 Å². The fourth-order valence-electron chi connectivity index (χ4n) is 2.31. The average Bonchev–Trinajstić information content (AvgIpc) is 2.73. The first kappa shape index (κ1) is 13.7. The van der Waals surface area contributed by atoms with Crippen molar-refractivity contribution in [2.24, 2.45) is 0 Å². The highest BCUT2D eigenvalue weighted by Gasteiger charge is 2.11. The van der Waals surface area contributed by atoms with Gasteiger partial charge in [0.2, 0.25) is 0 Å². The Morgan fingerprint density at radius 2 is 1.90 bits per heavy atom. The van der Waals surface area contributed by atoms with E-state index in [9.17, 15) is 4.39 Å². The predicted octanol–water partition coefficient (Wildman–Crippen LogP) is 3.91. The molecule has 3 nitrogen and oxygen atoms in total. The molecule has 0 unspecified atom stereocenters. The Morgan fingerprint density at radius 3 is 2.76 bits per heavy atom. The highest BCUT2D eigenvalue weighted by atomic mass is 19.1. The second-order valence-corrected chi connectivity index (χ2v) is 5.10. The zero-order valence-corrected chi connectivity index (χ0v) is 12.0. The zero-order chi connectivity index (χ0) is 14.7. The summed E-state index contributed by atoms with van der Waals surface area (Å²) in [5, 5.41) is 3.26. The molecule has 1 aliphatic rings. The van der Waals surface area contributed by atoms with E-state index in [1.165, 1.54) is 6.07 Å². The first-order valence-corrected chi connectivity index (χ1v) is 7.11. The van der Waals surface area contributed by atoms with E-state index in [4.69, 9.17) is 9.47 Å². The van der Waals surface area contributed by atoms with E-state index in [2.05, 4.69) is 5.32 Å². The van der Waals surface area contributed by atoms with E-state index in [0.717, 1.165) is 29.2 Å². The Balaban J connectivity index is 1.73. The summed E-state index contributed by atoms with van der Waals surface area (Å²) >= 11 is 0. The number of nitrogens with one attached hydrogen (secondary N) is 1. The van der Waals surface area contributed by atoms with Gasteiger partial charge in [-0.1, -0.05) is 12.1 Å². The number of hydrogen-bond donors (Lipinski definition) is 1. The van der Waals surface area contributed by atoms with Crippen LogP contribution < -0.4 is 14.8 Å². The fraction of sp³-hybridized carbons (Fsp3) is 0.294. The van der Waals surface area contributed by atoms with Crippen molar-refractivity contribution in [3.05, 3.63) is 53.3 Å². The average molecular weight is 287 g/mol. The molecule has 0 fully saturated rings. The number of rotatable bonds is 3. The lowest BCUT2D eigenvalue weighted by molar-refractivity contribution is 0.297. The van der Waals surface area contributed by atoms with Gasteiger partial charge in [-0.3, -0.25) is 0 Å². The fourth-order valence-corrected chi connectivity index (χ4v) is 2.31. The molecule has 2 aromatic carbocycles. The molecule has 0 spiro atoms. The number of ether oxygens (including phenoxy) is 2. The summed E-state index contributed by atoms with van der Waals surface area (Å²) in [6.45, 7) is 3.74. The summed E-state index contributed by atoms with van der Waals surface area (Å²) in [6.07, 6.45) is 0.894. The molecule has 1 heterocycles. The van der Waals surface area contributed by atoms with Gasteiger partial charge < -0.3 is 14.8 Å². The molecule has 110 valence electrons. The van der Waals surface area contributed by atoms with Crippen LogP contribution in [-0.4, -0.2) is 13.2 Å². The molecule has 21 heavy (non-hydrogen) atoms. The van der Waals surface area contributed by atoms with Gasteiger partial charge in [0.05, 0.1) is 13.2 Å². The molecule has 0 atom stereocenters. The van der Waals surface area contributed by atoms with Crippen LogP contribution in [0.1, 0.15) is 17.5 Å².